The molecule has 4 bridgehead atoms. The predicted octanol–water partition coefficient (Wildman–Crippen LogP) is -0.0869. The van der Waals surface area contributed by atoms with Gasteiger partial charge in [0.1, 0.15) is 24.5 Å². The van der Waals surface area contributed by atoms with Gasteiger partial charge in [-0.15, -0.1) is 0 Å². The van der Waals surface area contributed by atoms with Crippen LogP contribution < -0.4 is 10.6 Å². The Morgan fingerprint density at radius 2 is 1.28 bits per heavy atom. The van der Waals surface area contributed by atoms with Gasteiger partial charge in [-0.1, -0.05) is 47.2 Å². The minimum Gasteiger partial charge on any atom is -0.392 e. The second-order valence-electron chi connectivity index (χ2n) is 12.9. The third-order valence-electron chi connectivity index (χ3n) is 11.6. The van der Waals surface area contributed by atoms with Gasteiger partial charge < -0.3 is 35.8 Å². The highest BCUT2D eigenvalue weighted by atomic mass is 33.1. The van der Waals surface area contributed by atoms with E-state index in [1.165, 1.54) is 37.4 Å². The summed E-state index contributed by atoms with van der Waals surface area (Å²) in [6.07, 6.45) is -5.44. The molecular weight excluding hydrogens is 673 g/mol. The molecule has 5 N–H and O–H groups in total. The number of hydrogen-bond donors (Lipinski definition) is 5. The number of para-hydroxylation sites is 2. The molecule has 17 heteroatoms. The molecule has 12 rings (SSSR count). The molecule has 2 spiro atoms. The Hall–Kier alpha value is -2.80. The first-order valence-electron chi connectivity index (χ1n) is 14.7. The van der Waals surface area contributed by atoms with Crippen molar-refractivity contribution in [1.82, 2.24) is 19.6 Å². The Bertz CT molecular complexity index is 1870. The van der Waals surface area contributed by atoms with Gasteiger partial charge in [0.05, 0.1) is 17.4 Å². The first kappa shape index (κ1) is 28.2. The number of piperazine rings is 2. The highest BCUT2D eigenvalue weighted by molar-refractivity contribution is 8.78. The summed E-state index contributed by atoms with van der Waals surface area (Å²) in [7, 11) is 7.43. The van der Waals surface area contributed by atoms with Crippen LogP contribution in [-0.2, 0) is 30.0 Å². The lowest BCUT2D eigenvalue weighted by molar-refractivity contribution is -0.169. The number of carbonyl (C=O) groups is 4. The Morgan fingerprint density at radius 1 is 0.739 bits per heavy atom. The molecule has 0 radical (unpaired) electrons. The molecule has 238 valence electrons. The van der Waals surface area contributed by atoms with Crippen LogP contribution in [0.15, 0.2) is 48.5 Å². The molecule has 10 heterocycles. The number of benzene rings is 2. The van der Waals surface area contributed by atoms with Crippen LogP contribution in [0.4, 0.5) is 11.4 Å². The van der Waals surface area contributed by atoms with E-state index in [0.29, 0.717) is 22.5 Å². The summed E-state index contributed by atoms with van der Waals surface area (Å²) in [5.74, 6) is -1.90. The van der Waals surface area contributed by atoms with Crippen molar-refractivity contribution >= 4 is 78.2 Å². The van der Waals surface area contributed by atoms with Crippen molar-refractivity contribution in [3.8, 4) is 0 Å². The molecule has 10 aliphatic heterocycles. The van der Waals surface area contributed by atoms with E-state index in [1.807, 2.05) is 36.4 Å². The fraction of sp³-hybridized carbons (Fsp3) is 0.448. The van der Waals surface area contributed by atoms with Gasteiger partial charge in [0.25, 0.3) is 23.6 Å². The van der Waals surface area contributed by atoms with Crippen molar-refractivity contribution < 1.29 is 34.5 Å². The van der Waals surface area contributed by atoms with Crippen LogP contribution in [0.2, 0.25) is 0 Å². The molecule has 4 amide bonds. The highest BCUT2D eigenvalue weighted by Crippen LogP contribution is 2.77. The molecule has 8 fully saturated rings. The average molecular weight is 699 g/mol. The van der Waals surface area contributed by atoms with E-state index in [1.54, 1.807) is 19.2 Å². The Labute approximate surface area is 277 Å². The van der Waals surface area contributed by atoms with Gasteiger partial charge in [-0.2, -0.15) is 0 Å². The van der Waals surface area contributed by atoms with Crippen LogP contribution in [0.25, 0.3) is 0 Å². The Balaban J connectivity index is 1.35. The minimum absolute atomic E-state index is 0.357. The molecular formula is C29H26N6O7S4. The Kier molecular flexibility index (Phi) is 5.06. The number of amides is 4. The Morgan fingerprint density at radius 3 is 1.87 bits per heavy atom. The van der Waals surface area contributed by atoms with Crippen LogP contribution in [0.1, 0.15) is 11.1 Å². The van der Waals surface area contributed by atoms with Gasteiger partial charge in [0, 0.05) is 25.5 Å². The molecule has 46 heavy (non-hydrogen) atoms. The minimum atomic E-state index is -1.86. The molecule has 10 aliphatic rings. The standard InChI is InChI=1S/C29H26N6O7S4/c1-32-17-16(37)34-20-26(12-7-3-5-9-14(12)30-20,18(38)28(34,23(32)41)45-43-17)27-13-8-4-6-10-15(13)31-21(27)35-22(40)25(11-36)33(2)24(42)29(35,19(27)39)46-44-25/h3-10,17-21,30-31,36,38-39H,11H2,1-2H3. The lowest BCUT2D eigenvalue weighted by Gasteiger charge is -2.58. The zero-order chi connectivity index (χ0) is 31.9. The van der Waals surface area contributed by atoms with Crippen molar-refractivity contribution in [2.75, 3.05) is 31.3 Å². The van der Waals surface area contributed by atoms with Crippen molar-refractivity contribution in [3.05, 3.63) is 59.7 Å². The van der Waals surface area contributed by atoms with Gasteiger partial charge in [-0.3, -0.25) is 29.0 Å². The monoisotopic (exact) mass is 698 g/mol. The summed E-state index contributed by atoms with van der Waals surface area (Å²) in [5, 5.41) is 43.2. The summed E-state index contributed by atoms with van der Waals surface area (Å²) < 4.78 is 0. The van der Waals surface area contributed by atoms with E-state index in [-0.39, 0.29) is 5.91 Å². The number of nitrogens with zero attached hydrogens (tertiary/aromatic N) is 4. The molecule has 13 nitrogen and oxygen atoms in total. The number of aliphatic hydroxyl groups is 3. The number of nitrogens with one attached hydrogen (secondary N) is 2. The zero-order valence-corrected chi connectivity index (χ0v) is 27.4. The second kappa shape index (κ2) is 8.25. The number of carbonyl (C=O) groups excluding carboxylic acids is 4. The van der Waals surface area contributed by atoms with Gasteiger partial charge in [0.2, 0.25) is 14.6 Å². The van der Waals surface area contributed by atoms with Crippen molar-refractivity contribution in [1.29, 1.82) is 0 Å². The van der Waals surface area contributed by atoms with Gasteiger partial charge >= 0.3 is 0 Å². The topological polar surface area (TPSA) is 166 Å². The number of anilines is 2. The van der Waals surface area contributed by atoms with E-state index >= 15 is 0 Å². The van der Waals surface area contributed by atoms with Gasteiger partial charge in [-0.25, -0.2) is 0 Å². The quantitative estimate of drug-likeness (QED) is 0.265. The summed E-state index contributed by atoms with van der Waals surface area (Å²) in [6, 6.07) is 14.5. The number of likely N-dealkylation sites (N-methyl/N-ethyl adjacent to an activating group) is 2. The first-order valence-corrected chi connectivity index (χ1v) is 19.0. The van der Waals surface area contributed by atoms with E-state index in [2.05, 4.69) is 10.6 Å². The molecule has 2 aromatic carbocycles. The van der Waals surface area contributed by atoms with Gasteiger partial charge in [-0.05, 0) is 55.6 Å². The number of aliphatic hydroxyl groups excluding tert-OH is 3. The average Bonchev–Trinajstić information content (AvgIpc) is 3.71. The van der Waals surface area contributed by atoms with Crippen molar-refractivity contribution in [3.63, 3.8) is 0 Å². The smallest absolute Gasteiger partial charge is 0.265 e. The summed E-state index contributed by atoms with van der Waals surface area (Å²) in [5.41, 5.74) is -1.07. The van der Waals surface area contributed by atoms with E-state index < -0.39 is 79.7 Å². The number of fused-ring (bicyclic) bond motifs is 11. The van der Waals surface area contributed by atoms with Gasteiger partial charge in [0.15, 0.2) is 5.37 Å². The molecule has 0 saturated carbocycles. The van der Waals surface area contributed by atoms with Crippen molar-refractivity contribution in [2.24, 2.45) is 0 Å². The van der Waals surface area contributed by atoms with E-state index in [9.17, 15) is 34.5 Å². The van der Waals surface area contributed by atoms with Crippen LogP contribution >= 0.6 is 43.2 Å². The van der Waals surface area contributed by atoms with E-state index in [0.717, 1.165) is 32.4 Å². The maximum absolute atomic E-state index is 14.7. The molecule has 10 unspecified atom stereocenters. The first-order chi connectivity index (χ1) is 22.0. The predicted molar refractivity (Wildman–Crippen MR) is 172 cm³/mol. The third-order valence-corrected chi connectivity index (χ3v) is 18.5. The van der Waals surface area contributed by atoms with Crippen LogP contribution in [0.3, 0.4) is 0 Å². The lowest BCUT2D eigenvalue weighted by Crippen LogP contribution is -2.79. The largest absolute Gasteiger partial charge is 0.392 e. The molecule has 2 aromatic rings. The molecule has 0 aromatic heterocycles. The lowest BCUT2D eigenvalue weighted by atomic mass is 9.52. The number of hydrogen-bond acceptors (Lipinski definition) is 13. The van der Waals surface area contributed by atoms with Crippen LogP contribution in [0.5, 0.6) is 0 Å². The van der Waals surface area contributed by atoms with E-state index in [4.69, 9.17) is 0 Å². The molecule has 10 atom stereocenters. The zero-order valence-electron chi connectivity index (χ0n) is 24.1. The fourth-order valence-corrected chi connectivity index (χ4v) is 16.9. The SMILES string of the molecule is CN1C(=O)C23SSC1C(=O)N2C1Nc2ccccc2C1(C12c4ccccc4NC1N1C(=O)C4(CO)SSC1(C(=O)N4C)C2O)C3O. The van der Waals surface area contributed by atoms with Crippen molar-refractivity contribution in [2.45, 2.75) is 55.4 Å². The van der Waals surface area contributed by atoms with Crippen LogP contribution in [0, 0.1) is 0 Å². The molecule has 0 aliphatic carbocycles. The fourth-order valence-electron chi connectivity index (χ4n) is 9.77. The summed E-state index contributed by atoms with van der Waals surface area (Å²) in [4.78, 5) is 58.1. The second-order valence-corrected chi connectivity index (χ2v) is 18.1. The highest BCUT2D eigenvalue weighted by Gasteiger charge is 2.92. The normalized spacial score (nSPS) is 45.4. The molecule has 8 saturated heterocycles. The maximum atomic E-state index is 14.7. The number of rotatable bonds is 2. The third kappa shape index (κ3) is 2.35. The summed E-state index contributed by atoms with van der Waals surface area (Å²) >= 11 is 0. The van der Waals surface area contributed by atoms with Crippen LogP contribution in [-0.4, -0.2) is 124 Å². The maximum Gasteiger partial charge on any atom is 0.265 e. The summed E-state index contributed by atoms with van der Waals surface area (Å²) in [6.45, 7) is -0.649.